The smallest absolute Gasteiger partial charge is 0.330 e. The van der Waals surface area contributed by atoms with Gasteiger partial charge in [0, 0.05) is 6.08 Å². The first kappa shape index (κ1) is 14.8. The van der Waals surface area contributed by atoms with Crippen LogP contribution in [0.5, 0.6) is 0 Å². The van der Waals surface area contributed by atoms with E-state index in [2.05, 4.69) is 0 Å². The van der Waals surface area contributed by atoms with E-state index in [4.69, 9.17) is 21.7 Å². The summed E-state index contributed by atoms with van der Waals surface area (Å²) in [6, 6.07) is 0. The van der Waals surface area contributed by atoms with Gasteiger partial charge >= 0.3 is 5.97 Å². The zero-order valence-corrected chi connectivity index (χ0v) is 11.0. The lowest BCUT2D eigenvalue weighted by Gasteiger charge is -2.19. The number of carbonyl (C=O) groups is 1. The van der Waals surface area contributed by atoms with E-state index in [0.717, 1.165) is 0 Å². The van der Waals surface area contributed by atoms with Gasteiger partial charge in [-0.1, -0.05) is 12.2 Å². The summed E-state index contributed by atoms with van der Waals surface area (Å²) >= 11 is 4.97. The van der Waals surface area contributed by atoms with E-state index in [-0.39, 0.29) is 11.6 Å². The average Bonchev–Trinajstić information content (AvgIpc) is 2.10. The number of carbonyl (C=O) groups excluding carboxylic acids is 1. The van der Waals surface area contributed by atoms with Crippen molar-refractivity contribution >= 4 is 23.2 Å². The van der Waals surface area contributed by atoms with Crippen molar-refractivity contribution in [3.63, 3.8) is 0 Å². The molecule has 0 aliphatic rings. The van der Waals surface area contributed by atoms with Gasteiger partial charge in [-0.25, -0.2) is 4.79 Å². The van der Waals surface area contributed by atoms with E-state index in [1.807, 2.05) is 20.8 Å². The number of thiocarbonyl (C=S) groups is 1. The molecule has 0 spiro atoms. The minimum Gasteiger partial charge on any atom is -0.478 e. The van der Waals surface area contributed by atoms with Gasteiger partial charge in [0.05, 0.1) is 6.61 Å². The summed E-state index contributed by atoms with van der Waals surface area (Å²) in [6.07, 6.45) is 6.16. The van der Waals surface area contributed by atoms with E-state index in [1.165, 1.54) is 6.08 Å². The molecule has 0 aliphatic heterocycles. The molecule has 0 saturated carbocycles. The highest BCUT2D eigenvalue weighted by molar-refractivity contribution is 7.80. The van der Waals surface area contributed by atoms with Crippen molar-refractivity contribution < 1.29 is 14.3 Å². The number of ether oxygens (including phenoxy) is 2. The van der Waals surface area contributed by atoms with E-state index in [9.17, 15) is 4.79 Å². The van der Waals surface area contributed by atoms with Gasteiger partial charge in [0.1, 0.15) is 5.60 Å². The quantitative estimate of drug-likeness (QED) is 0.329. The Morgan fingerprint density at radius 1 is 1.25 bits per heavy atom. The van der Waals surface area contributed by atoms with Gasteiger partial charge in [-0.05, 0) is 46.0 Å². The molecule has 0 N–H and O–H groups in total. The van der Waals surface area contributed by atoms with Crippen LogP contribution in [0.2, 0.25) is 0 Å². The lowest BCUT2D eigenvalue weighted by molar-refractivity contribution is -0.137. The van der Waals surface area contributed by atoms with Crippen molar-refractivity contribution in [2.75, 3.05) is 6.61 Å². The topological polar surface area (TPSA) is 35.5 Å². The molecular formula is C12H18O3S. The zero-order chi connectivity index (χ0) is 12.6. The van der Waals surface area contributed by atoms with Gasteiger partial charge in [0.15, 0.2) is 5.05 Å². The Morgan fingerprint density at radius 3 is 2.31 bits per heavy atom. The van der Waals surface area contributed by atoms with Gasteiger partial charge in [-0.2, -0.15) is 0 Å². The molecule has 0 aromatic carbocycles. The molecule has 3 nitrogen and oxygen atoms in total. The van der Waals surface area contributed by atoms with E-state index >= 15 is 0 Å². The Morgan fingerprint density at radius 2 is 1.81 bits per heavy atom. The fourth-order valence-corrected chi connectivity index (χ4v) is 1.12. The molecule has 90 valence electrons. The first-order chi connectivity index (χ1) is 7.35. The van der Waals surface area contributed by atoms with Crippen LogP contribution >= 0.6 is 12.2 Å². The standard InChI is InChI=1S/C12H18O3S/c1-5-14-10(13)8-6-7-9-11(16)15-12(2,3)4/h6-9H,5H2,1-4H3/b8-6+,9-7+. The Balaban J connectivity index is 4.01. The van der Waals surface area contributed by atoms with Crippen LogP contribution in [0, 0.1) is 0 Å². The van der Waals surface area contributed by atoms with Crippen LogP contribution in [0.3, 0.4) is 0 Å². The first-order valence-electron chi connectivity index (χ1n) is 5.09. The van der Waals surface area contributed by atoms with Crippen molar-refractivity contribution in [2.24, 2.45) is 0 Å². The highest BCUT2D eigenvalue weighted by Gasteiger charge is 2.11. The maximum Gasteiger partial charge on any atom is 0.330 e. The van der Waals surface area contributed by atoms with E-state index in [0.29, 0.717) is 11.7 Å². The maximum absolute atomic E-state index is 10.9. The monoisotopic (exact) mass is 242 g/mol. The maximum atomic E-state index is 10.9. The number of hydrogen-bond donors (Lipinski definition) is 0. The summed E-state index contributed by atoms with van der Waals surface area (Å²) in [5, 5.41) is 0.390. The molecule has 0 fully saturated rings. The van der Waals surface area contributed by atoms with Gasteiger partial charge < -0.3 is 9.47 Å². The molecule has 0 unspecified atom stereocenters. The van der Waals surface area contributed by atoms with E-state index < -0.39 is 0 Å². The Bertz CT molecular complexity index is 298. The van der Waals surface area contributed by atoms with Crippen LogP contribution in [0.15, 0.2) is 24.3 Å². The molecule has 0 heterocycles. The highest BCUT2D eigenvalue weighted by Crippen LogP contribution is 2.08. The lowest BCUT2D eigenvalue weighted by Crippen LogP contribution is -2.21. The third-order valence-corrected chi connectivity index (χ3v) is 1.49. The van der Waals surface area contributed by atoms with E-state index in [1.54, 1.807) is 25.2 Å². The molecule has 0 saturated heterocycles. The average molecular weight is 242 g/mol. The molecule has 16 heavy (non-hydrogen) atoms. The third-order valence-electron chi connectivity index (χ3n) is 1.27. The van der Waals surface area contributed by atoms with Gasteiger partial charge in [0.25, 0.3) is 0 Å². The summed E-state index contributed by atoms with van der Waals surface area (Å²) in [7, 11) is 0. The van der Waals surface area contributed by atoms with Gasteiger partial charge in [0.2, 0.25) is 0 Å². The second-order valence-electron chi connectivity index (χ2n) is 4.00. The number of allylic oxidation sites excluding steroid dienone is 2. The SMILES string of the molecule is CCOC(=O)/C=C/C=C/C(=S)OC(C)(C)C. The van der Waals surface area contributed by atoms with Crippen molar-refractivity contribution in [3.8, 4) is 0 Å². The van der Waals surface area contributed by atoms with Crippen molar-refractivity contribution in [1.82, 2.24) is 0 Å². The Kier molecular flexibility index (Phi) is 6.65. The third kappa shape index (κ3) is 9.40. The van der Waals surface area contributed by atoms with Crippen LogP contribution in [0.4, 0.5) is 0 Å². The highest BCUT2D eigenvalue weighted by atomic mass is 32.1. The summed E-state index contributed by atoms with van der Waals surface area (Å²) in [5.41, 5.74) is -0.299. The minimum atomic E-state index is -0.366. The predicted octanol–water partition coefficient (Wildman–Crippen LogP) is 2.80. The van der Waals surface area contributed by atoms with Crippen LogP contribution < -0.4 is 0 Å². The largest absolute Gasteiger partial charge is 0.478 e. The molecule has 0 atom stereocenters. The van der Waals surface area contributed by atoms with Crippen LogP contribution in [0.25, 0.3) is 0 Å². The van der Waals surface area contributed by atoms with Crippen molar-refractivity contribution in [1.29, 1.82) is 0 Å². The van der Waals surface area contributed by atoms with Crippen LogP contribution in [0.1, 0.15) is 27.7 Å². The normalized spacial score (nSPS) is 12.0. The second kappa shape index (κ2) is 7.17. The molecule has 0 aromatic heterocycles. The fraction of sp³-hybridized carbons (Fsp3) is 0.500. The fourth-order valence-electron chi connectivity index (χ4n) is 0.794. The molecule has 0 rings (SSSR count). The van der Waals surface area contributed by atoms with Gasteiger partial charge in [-0.15, -0.1) is 0 Å². The number of esters is 1. The second-order valence-corrected chi connectivity index (χ2v) is 4.41. The molecule has 0 aromatic rings. The molecule has 0 radical (unpaired) electrons. The Labute approximate surface area is 102 Å². The lowest BCUT2D eigenvalue weighted by atomic mass is 10.2. The van der Waals surface area contributed by atoms with Crippen molar-refractivity contribution in [3.05, 3.63) is 24.3 Å². The predicted molar refractivity (Wildman–Crippen MR) is 68.3 cm³/mol. The Hall–Kier alpha value is -1.16. The first-order valence-corrected chi connectivity index (χ1v) is 5.50. The minimum absolute atomic E-state index is 0.299. The summed E-state index contributed by atoms with van der Waals surface area (Å²) in [6.45, 7) is 7.89. The van der Waals surface area contributed by atoms with Crippen LogP contribution in [-0.4, -0.2) is 23.2 Å². The van der Waals surface area contributed by atoms with Crippen molar-refractivity contribution in [2.45, 2.75) is 33.3 Å². The molecule has 0 aliphatic carbocycles. The zero-order valence-electron chi connectivity index (χ0n) is 10.1. The summed E-state index contributed by atoms with van der Waals surface area (Å²) in [4.78, 5) is 10.9. The summed E-state index contributed by atoms with van der Waals surface area (Å²) in [5.74, 6) is -0.366. The van der Waals surface area contributed by atoms with Crippen LogP contribution in [-0.2, 0) is 14.3 Å². The number of hydrogen-bond acceptors (Lipinski definition) is 4. The molecule has 4 heteroatoms. The number of rotatable bonds is 4. The molecule has 0 bridgehead atoms. The molecule has 0 amide bonds. The summed E-state index contributed by atoms with van der Waals surface area (Å²) < 4.78 is 10.1. The van der Waals surface area contributed by atoms with Gasteiger partial charge in [-0.3, -0.25) is 0 Å². The molecular weight excluding hydrogens is 224 g/mol.